The van der Waals surface area contributed by atoms with Crippen LogP contribution in [0.25, 0.3) is 71.4 Å². The second kappa shape index (κ2) is 13.9. The van der Waals surface area contributed by atoms with Crippen molar-refractivity contribution < 1.29 is 0 Å². The molecule has 0 fully saturated rings. The van der Waals surface area contributed by atoms with Gasteiger partial charge in [0.15, 0.2) is 0 Å². The van der Waals surface area contributed by atoms with Gasteiger partial charge in [-0.25, -0.2) is 4.99 Å². The number of aliphatic imine (C=N–C) groups is 1. The Labute approximate surface area is 334 Å². The third-order valence-corrected chi connectivity index (χ3v) is 11.9. The zero-order valence-corrected chi connectivity index (χ0v) is 32.2. The van der Waals surface area contributed by atoms with E-state index in [9.17, 15) is 0 Å². The van der Waals surface area contributed by atoms with Crippen LogP contribution in [0.1, 0.15) is 41.7 Å². The van der Waals surface area contributed by atoms with Gasteiger partial charge in [0, 0.05) is 16.5 Å². The number of rotatable bonds is 7. The number of nitrogens with zero attached hydrogens (tertiary/aromatic N) is 1. The summed E-state index contributed by atoms with van der Waals surface area (Å²) in [4.78, 5) is 5.28. The van der Waals surface area contributed by atoms with E-state index < -0.39 is 0 Å². The lowest BCUT2D eigenvalue weighted by Gasteiger charge is -2.24. The van der Waals surface area contributed by atoms with Crippen molar-refractivity contribution in [3.63, 3.8) is 0 Å². The lowest BCUT2D eigenvalue weighted by molar-refractivity contribution is 0.666. The predicted molar refractivity (Wildman–Crippen MR) is 243 cm³/mol. The standard InChI is InChI=1S/C55H42N2/c1-55(2)51-35-41(28-29-47(51)49-30-27-39-18-7-9-22-44(39)53(49)55)43-31-32-48(46-24-11-10-23-45(43)46)52(57-54(56)50-25-13-19-38-17-6-8-21-42(38)50)33-26-36-14-12-20-40(34-36)37-15-4-3-5-16-37/h3-25,27-35H,26H2,1-2H3,(H2,56,57)/b52-33-. The molecular formula is C55H42N2. The molecule has 9 aromatic rings. The first-order chi connectivity index (χ1) is 27.9. The summed E-state index contributed by atoms with van der Waals surface area (Å²) in [5.74, 6) is 0.497. The Morgan fingerprint density at radius 1 is 0.491 bits per heavy atom. The fourth-order valence-corrected chi connectivity index (χ4v) is 9.12. The van der Waals surface area contributed by atoms with Crippen LogP contribution in [0.2, 0.25) is 0 Å². The summed E-state index contributed by atoms with van der Waals surface area (Å²) < 4.78 is 0. The molecule has 0 heterocycles. The molecule has 0 atom stereocenters. The minimum atomic E-state index is -0.140. The van der Waals surface area contributed by atoms with Crippen LogP contribution in [0.15, 0.2) is 199 Å². The molecule has 0 unspecified atom stereocenters. The topological polar surface area (TPSA) is 38.4 Å². The Kier molecular flexibility index (Phi) is 8.42. The third kappa shape index (κ3) is 6.02. The van der Waals surface area contributed by atoms with E-state index in [0.717, 1.165) is 33.0 Å². The normalized spacial score (nSPS) is 13.6. The first-order valence-corrected chi connectivity index (χ1v) is 19.8. The monoisotopic (exact) mass is 730 g/mol. The van der Waals surface area contributed by atoms with E-state index in [0.29, 0.717) is 12.3 Å². The molecule has 272 valence electrons. The second-order valence-corrected chi connectivity index (χ2v) is 15.7. The number of benzene rings is 9. The fourth-order valence-electron chi connectivity index (χ4n) is 9.12. The van der Waals surface area contributed by atoms with Crippen LogP contribution in [-0.2, 0) is 11.8 Å². The van der Waals surface area contributed by atoms with Gasteiger partial charge in [-0.05, 0) is 94.9 Å². The van der Waals surface area contributed by atoms with Crippen molar-refractivity contribution in [2.75, 3.05) is 0 Å². The highest BCUT2D eigenvalue weighted by Crippen LogP contribution is 2.52. The third-order valence-electron chi connectivity index (χ3n) is 11.9. The van der Waals surface area contributed by atoms with E-state index in [4.69, 9.17) is 10.7 Å². The molecule has 2 heteroatoms. The number of nitrogens with two attached hydrogens (primary N) is 1. The zero-order chi connectivity index (χ0) is 38.5. The van der Waals surface area contributed by atoms with Crippen molar-refractivity contribution >= 4 is 43.9 Å². The molecular weight excluding hydrogens is 689 g/mol. The van der Waals surface area contributed by atoms with Crippen molar-refractivity contribution in [1.29, 1.82) is 0 Å². The van der Waals surface area contributed by atoms with Crippen LogP contribution in [-0.4, -0.2) is 5.84 Å². The molecule has 1 aliphatic rings. The van der Waals surface area contributed by atoms with Gasteiger partial charge in [-0.3, -0.25) is 0 Å². The van der Waals surface area contributed by atoms with E-state index in [-0.39, 0.29) is 5.41 Å². The molecule has 0 bridgehead atoms. The van der Waals surface area contributed by atoms with Crippen LogP contribution in [0, 0.1) is 0 Å². The summed E-state index contributed by atoms with van der Waals surface area (Å²) in [6.45, 7) is 4.75. The molecule has 2 N–H and O–H groups in total. The molecule has 0 amide bonds. The molecule has 57 heavy (non-hydrogen) atoms. The first kappa shape index (κ1) is 34.5. The van der Waals surface area contributed by atoms with Crippen LogP contribution in [0.5, 0.6) is 0 Å². The fraction of sp³-hybridized carbons (Fsp3) is 0.0727. The lowest BCUT2D eigenvalue weighted by atomic mass is 9.79. The number of hydrogen-bond donors (Lipinski definition) is 1. The van der Waals surface area contributed by atoms with E-state index in [1.54, 1.807) is 0 Å². The highest BCUT2D eigenvalue weighted by atomic mass is 14.9. The summed E-state index contributed by atoms with van der Waals surface area (Å²) in [7, 11) is 0. The molecule has 2 nitrogen and oxygen atoms in total. The van der Waals surface area contributed by atoms with E-state index >= 15 is 0 Å². The first-order valence-electron chi connectivity index (χ1n) is 19.8. The molecule has 0 saturated heterocycles. The second-order valence-electron chi connectivity index (χ2n) is 15.7. The van der Waals surface area contributed by atoms with Crippen molar-refractivity contribution in [2.24, 2.45) is 10.7 Å². The van der Waals surface area contributed by atoms with Gasteiger partial charge in [0.1, 0.15) is 5.84 Å². The van der Waals surface area contributed by atoms with Gasteiger partial charge in [0.25, 0.3) is 0 Å². The summed E-state index contributed by atoms with van der Waals surface area (Å²) in [6, 6.07) is 67.6. The summed E-state index contributed by atoms with van der Waals surface area (Å²) in [6.07, 6.45) is 2.94. The quantitative estimate of drug-likeness (QED) is 0.129. The predicted octanol–water partition coefficient (Wildman–Crippen LogP) is 13.8. The average Bonchev–Trinajstić information content (AvgIpc) is 3.50. The maximum atomic E-state index is 6.99. The van der Waals surface area contributed by atoms with Crippen LogP contribution in [0.3, 0.4) is 0 Å². The lowest BCUT2D eigenvalue weighted by Crippen LogP contribution is -2.15. The zero-order valence-electron chi connectivity index (χ0n) is 32.2. The smallest absolute Gasteiger partial charge is 0.131 e. The number of allylic oxidation sites excluding steroid dienone is 1. The highest BCUT2D eigenvalue weighted by Gasteiger charge is 2.37. The van der Waals surface area contributed by atoms with E-state index in [2.05, 4.69) is 208 Å². The molecule has 1 aliphatic carbocycles. The number of amidine groups is 1. The van der Waals surface area contributed by atoms with Gasteiger partial charge in [0.05, 0.1) is 5.70 Å². The Morgan fingerprint density at radius 3 is 1.95 bits per heavy atom. The molecule has 0 saturated carbocycles. The van der Waals surface area contributed by atoms with E-state index in [1.165, 1.54) is 66.2 Å². The van der Waals surface area contributed by atoms with Crippen LogP contribution in [0.4, 0.5) is 0 Å². The Bertz CT molecular complexity index is 3070. The maximum Gasteiger partial charge on any atom is 0.131 e. The van der Waals surface area contributed by atoms with Crippen molar-refractivity contribution in [2.45, 2.75) is 25.7 Å². The summed E-state index contributed by atoms with van der Waals surface area (Å²) in [5.41, 5.74) is 21.2. The summed E-state index contributed by atoms with van der Waals surface area (Å²) in [5, 5.41) is 7.18. The largest absolute Gasteiger partial charge is 0.383 e. The Morgan fingerprint density at radius 2 is 1.12 bits per heavy atom. The van der Waals surface area contributed by atoms with Gasteiger partial charge in [-0.15, -0.1) is 0 Å². The SMILES string of the molecule is CC1(C)c2cc(-c3ccc(/C(=C/Cc4cccc(-c5ccccc5)c4)N=C(N)c4cccc5ccccc45)c4ccccc34)ccc2-c2ccc3ccccc3c21. The molecule has 0 aliphatic heterocycles. The average molecular weight is 731 g/mol. The van der Waals surface area contributed by atoms with E-state index in [1.807, 2.05) is 0 Å². The Balaban J connectivity index is 1.10. The number of hydrogen-bond acceptors (Lipinski definition) is 1. The van der Waals surface area contributed by atoms with Gasteiger partial charge < -0.3 is 5.73 Å². The summed E-state index contributed by atoms with van der Waals surface area (Å²) >= 11 is 0. The minimum Gasteiger partial charge on any atom is -0.383 e. The van der Waals surface area contributed by atoms with Gasteiger partial charge >= 0.3 is 0 Å². The molecule has 0 aromatic heterocycles. The minimum absolute atomic E-state index is 0.140. The molecule has 10 rings (SSSR count). The molecule has 0 radical (unpaired) electrons. The maximum absolute atomic E-state index is 6.99. The molecule has 9 aromatic carbocycles. The highest BCUT2D eigenvalue weighted by molar-refractivity contribution is 6.12. The number of fused-ring (bicyclic) bond motifs is 7. The van der Waals surface area contributed by atoms with Gasteiger partial charge in [-0.2, -0.15) is 0 Å². The molecule has 0 spiro atoms. The van der Waals surface area contributed by atoms with Crippen molar-refractivity contribution in [3.8, 4) is 33.4 Å². The van der Waals surface area contributed by atoms with Gasteiger partial charge in [0.2, 0.25) is 0 Å². The van der Waals surface area contributed by atoms with Gasteiger partial charge in [-0.1, -0.05) is 202 Å². The Hall–Kier alpha value is -7.03. The van der Waals surface area contributed by atoms with Crippen LogP contribution < -0.4 is 5.73 Å². The van der Waals surface area contributed by atoms with Crippen molar-refractivity contribution in [3.05, 3.63) is 222 Å². The van der Waals surface area contributed by atoms with Crippen LogP contribution >= 0.6 is 0 Å². The van der Waals surface area contributed by atoms with Crippen molar-refractivity contribution in [1.82, 2.24) is 0 Å².